The highest BCUT2D eigenvalue weighted by Gasteiger charge is 2.40. The second kappa shape index (κ2) is 11.2. The Morgan fingerprint density at radius 2 is 1.90 bits per heavy atom. The number of para-hydroxylation sites is 1. The Balaban J connectivity index is 0.000000470. The summed E-state index contributed by atoms with van der Waals surface area (Å²) < 4.78 is 33.4. The molecule has 0 saturated heterocycles. The van der Waals surface area contributed by atoms with Gasteiger partial charge in [0.1, 0.15) is 0 Å². The summed E-state index contributed by atoms with van der Waals surface area (Å²) >= 11 is 0. The zero-order valence-corrected chi connectivity index (χ0v) is 21.4. The van der Waals surface area contributed by atoms with Gasteiger partial charge in [-0.2, -0.15) is 13.2 Å². The van der Waals surface area contributed by atoms with Crippen LogP contribution >= 0.6 is 0 Å². The Hall–Kier alpha value is -4.65. The van der Waals surface area contributed by atoms with Crippen LogP contribution in [-0.4, -0.2) is 51.0 Å². The number of benzene rings is 2. The number of nitrogens with one attached hydrogen (secondary N) is 3. The molecule has 1 aliphatic rings. The first-order valence-corrected chi connectivity index (χ1v) is 12.2. The van der Waals surface area contributed by atoms with E-state index in [1.165, 1.54) is 0 Å². The van der Waals surface area contributed by atoms with Crippen molar-refractivity contribution in [1.82, 2.24) is 19.9 Å². The Morgan fingerprint density at radius 1 is 1.18 bits per heavy atom. The fourth-order valence-corrected chi connectivity index (χ4v) is 5.04. The number of amides is 1. The molecular formula is C27H27F3N6O4. The van der Waals surface area contributed by atoms with Crippen molar-refractivity contribution in [2.45, 2.75) is 31.0 Å². The molecule has 40 heavy (non-hydrogen) atoms. The lowest BCUT2D eigenvalue weighted by Crippen LogP contribution is -2.29. The molecule has 3 heterocycles. The number of carbonyl (C=O) groups excluding carboxylic acids is 1. The van der Waals surface area contributed by atoms with Gasteiger partial charge in [-0.1, -0.05) is 24.3 Å². The first-order chi connectivity index (χ1) is 19.0. The number of hydrogen-bond acceptors (Lipinski definition) is 5. The number of nitrogens with two attached hydrogens (primary N) is 1. The van der Waals surface area contributed by atoms with Gasteiger partial charge in [-0.05, 0) is 48.2 Å². The predicted octanol–water partition coefficient (Wildman–Crippen LogP) is 3.48. The third-order valence-corrected chi connectivity index (χ3v) is 6.87. The molecule has 6 N–H and O–H groups in total. The van der Waals surface area contributed by atoms with Gasteiger partial charge in [0.2, 0.25) is 6.41 Å². The second-order valence-electron chi connectivity index (χ2n) is 9.20. The number of aliphatic imine (C=N–C) groups is 1. The van der Waals surface area contributed by atoms with E-state index in [1.54, 1.807) is 17.8 Å². The lowest BCUT2D eigenvalue weighted by Gasteiger charge is -2.31. The SMILES string of the molecule is Cn1c(-c2c(C3(CCCN)C=Nc4ccccc43)ccc3[nH]cc(CNC=O)c23)c[nH]c1=O.O=C(O)C(F)(F)F. The summed E-state index contributed by atoms with van der Waals surface area (Å²) in [6.07, 6.45) is 2.89. The fraction of sp³-hybridized carbons (Fsp3) is 0.259. The van der Waals surface area contributed by atoms with Crippen LogP contribution in [0.2, 0.25) is 0 Å². The van der Waals surface area contributed by atoms with E-state index in [0.717, 1.165) is 57.4 Å². The summed E-state index contributed by atoms with van der Waals surface area (Å²) in [4.78, 5) is 43.3. The Morgan fingerprint density at radius 3 is 2.52 bits per heavy atom. The fourth-order valence-electron chi connectivity index (χ4n) is 5.04. The molecular weight excluding hydrogens is 529 g/mol. The van der Waals surface area contributed by atoms with Crippen LogP contribution < -0.4 is 16.7 Å². The molecule has 0 fully saturated rings. The molecule has 210 valence electrons. The average molecular weight is 557 g/mol. The van der Waals surface area contributed by atoms with Crippen molar-refractivity contribution in [2.24, 2.45) is 17.8 Å². The van der Waals surface area contributed by atoms with Gasteiger partial charge in [0.15, 0.2) is 0 Å². The average Bonchev–Trinajstić information content (AvgIpc) is 3.61. The van der Waals surface area contributed by atoms with Crippen molar-refractivity contribution in [3.63, 3.8) is 0 Å². The van der Waals surface area contributed by atoms with Crippen LogP contribution in [0.25, 0.3) is 22.2 Å². The summed E-state index contributed by atoms with van der Waals surface area (Å²) in [6.45, 7) is 0.940. The van der Waals surface area contributed by atoms with Crippen molar-refractivity contribution in [3.05, 3.63) is 76.0 Å². The lowest BCUT2D eigenvalue weighted by molar-refractivity contribution is -0.192. The topological polar surface area (TPSA) is 158 Å². The maximum absolute atomic E-state index is 12.4. The summed E-state index contributed by atoms with van der Waals surface area (Å²) in [7, 11) is 1.76. The third kappa shape index (κ3) is 5.15. The number of halogens is 3. The summed E-state index contributed by atoms with van der Waals surface area (Å²) in [6, 6.07) is 12.3. The molecule has 13 heteroatoms. The smallest absolute Gasteiger partial charge is 0.475 e. The standard InChI is InChI=1S/C25H26N6O2.C2HF3O2/c1-31-21(13-29-24(31)33)23-18(7-8-20-22(23)16(12-28-20)11-27-15-32)25(9-4-10-26)14-30-19-6-3-2-5-17(19)25;3-2(4,5)1(6)7/h2-3,5-8,12-15,28H,4,9-11,26H2,1H3,(H,27,32)(H,29,33);(H,6,7). The van der Waals surface area contributed by atoms with Gasteiger partial charge in [-0.25, -0.2) is 9.59 Å². The number of carboxylic acids is 1. The van der Waals surface area contributed by atoms with Crippen LogP contribution in [0, 0.1) is 0 Å². The Kier molecular flexibility index (Phi) is 7.96. The van der Waals surface area contributed by atoms with Crippen LogP contribution in [0.4, 0.5) is 18.9 Å². The van der Waals surface area contributed by atoms with Gasteiger partial charge in [0, 0.05) is 48.7 Å². The molecule has 1 unspecified atom stereocenters. The number of rotatable bonds is 8. The van der Waals surface area contributed by atoms with E-state index in [4.69, 9.17) is 20.6 Å². The summed E-state index contributed by atoms with van der Waals surface area (Å²) in [5.41, 5.74) is 12.0. The molecule has 2 aromatic carbocycles. The number of aromatic nitrogens is 3. The molecule has 4 aromatic rings. The Bertz CT molecular complexity index is 1640. The molecule has 5 rings (SSSR count). The van der Waals surface area contributed by atoms with Crippen molar-refractivity contribution in [3.8, 4) is 11.3 Å². The number of aromatic amines is 2. The molecule has 0 spiro atoms. The predicted molar refractivity (Wildman–Crippen MR) is 144 cm³/mol. The number of imidazole rings is 1. The van der Waals surface area contributed by atoms with E-state index in [9.17, 15) is 22.8 Å². The van der Waals surface area contributed by atoms with Gasteiger partial charge in [-0.3, -0.25) is 14.4 Å². The number of hydrogen-bond donors (Lipinski definition) is 5. The molecule has 1 amide bonds. The quantitative estimate of drug-likeness (QED) is 0.210. The van der Waals surface area contributed by atoms with E-state index in [0.29, 0.717) is 19.5 Å². The monoisotopic (exact) mass is 556 g/mol. The highest BCUT2D eigenvalue weighted by atomic mass is 19.4. The molecule has 0 radical (unpaired) electrons. The van der Waals surface area contributed by atoms with E-state index in [1.807, 2.05) is 30.6 Å². The molecule has 0 bridgehead atoms. The number of carbonyl (C=O) groups is 2. The summed E-state index contributed by atoms with van der Waals surface area (Å²) in [5.74, 6) is -2.76. The summed E-state index contributed by atoms with van der Waals surface area (Å²) in [5, 5.41) is 10.9. The normalized spacial score (nSPS) is 15.9. The Labute approximate surface area is 225 Å². The van der Waals surface area contributed by atoms with Crippen molar-refractivity contribution < 1.29 is 27.9 Å². The van der Waals surface area contributed by atoms with E-state index >= 15 is 0 Å². The van der Waals surface area contributed by atoms with Crippen LogP contribution in [0.1, 0.15) is 29.5 Å². The van der Waals surface area contributed by atoms with Gasteiger partial charge >= 0.3 is 17.8 Å². The van der Waals surface area contributed by atoms with Gasteiger partial charge in [0.25, 0.3) is 0 Å². The largest absolute Gasteiger partial charge is 0.490 e. The maximum Gasteiger partial charge on any atom is 0.490 e. The first-order valence-electron chi connectivity index (χ1n) is 12.2. The maximum atomic E-state index is 12.4. The third-order valence-electron chi connectivity index (χ3n) is 6.87. The van der Waals surface area contributed by atoms with Crippen molar-refractivity contribution in [1.29, 1.82) is 0 Å². The molecule has 1 atom stereocenters. The van der Waals surface area contributed by atoms with E-state index in [2.05, 4.69) is 33.5 Å². The minimum Gasteiger partial charge on any atom is -0.475 e. The highest BCUT2D eigenvalue weighted by Crippen LogP contribution is 2.49. The minimum atomic E-state index is -5.08. The van der Waals surface area contributed by atoms with E-state index in [-0.39, 0.29) is 5.69 Å². The van der Waals surface area contributed by atoms with Crippen molar-refractivity contribution in [2.75, 3.05) is 6.54 Å². The first kappa shape index (κ1) is 28.4. The zero-order valence-electron chi connectivity index (χ0n) is 21.4. The van der Waals surface area contributed by atoms with Gasteiger partial charge < -0.3 is 26.1 Å². The molecule has 0 saturated carbocycles. The molecule has 1 aliphatic heterocycles. The van der Waals surface area contributed by atoms with Gasteiger partial charge in [-0.15, -0.1) is 0 Å². The van der Waals surface area contributed by atoms with E-state index < -0.39 is 17.6 Å². The van der Waals surface area contributed by atoms with Crippen molar-refractivity contribution >= 4 is 35.2 Å². The lowest BCUT2D eigenvalue weighted by atomic mass is 9.70. The number of alkyl halides is 3. The van der Waals surface area contributed by atoms with Crippen LogP contribution in [0.3, 0.4) is 0 Å². The number of H-pyrrole nitrogens is 2. The minimum absolute atomic E-state index is 0.187. The second-order valence-corrected chi connectivity index (χ2v) is 9.20. The highest BCUT2D eigenvalue weighted by molar-refractivity contribution is 6.02. The zero-order chi connectivity index (χ0) is 29.1. The van der Waals surface area contributed by atoms with Gasteiger partial charge in [0.05, 0.1) is 16.8 Å². The molecule has 2 aromatic heterocycles. The molecule has 10 nitrogen and oxygen atoms in total. The molecule has 0 aliphatic carbocycles. The number of aliphatic carboxylic acids is 1. The number of nitrogens with zero attached hydrogens (tertiary/aromatic N) is 2. The number of carboxylic acid groups (broad SMARTS) is 1. The number of fused-ring (bicyclic) bond motifs is 2. The van der Waals surface area contributed by atoms with Crippen LogP contribution in [0.5, 0.6) is 0 Å². The van der Waals surface area contributed by atoms with Crippen LogP contribution in [-0.2, 0) is 28.6 Å². The van der Waals surface area contributed by atoms with Crippen LogP contribution in [0.15, 0.2) is 58.6 Å².